The molecule has 0 heterocycles. The topological polar surface area (TPSA) is 38.0 Å². The van der Waals surface area contributed by atoms with E-state index in [1.807, 2.05) is 6.07 Å². The molecule has 0 fully saturated rings. The average Bonchev–Trinajstić information content (AvgIpc) is 2.45. The lowest BCUT2D eigenvalue weighted by atomic mass is 9.99. The molecule has 0 aliphatic carbocycles. The Balaban J connectivity index is 2.15. The molecule has 1 unspecified atom stereocenters. The summed E-state index contributed by atoms with van der Waals surface area (Å²) in [5.41, 5.74) is 4.28. The molecular formula is C15H14BrClF2N2. The fourth-order valence-electron chi connectivity index (χ4n) is 2.11. The van der Waals surface area contributed by atoms with Gasteiger partial charge in [0.15, 0.2) is 0 Å². The van der Waals surface area contributed by atoms with Crippen LogP contribution >= 0.6 is 27.5 Å². The van der Waals surface area contributed by atoms with Crippen molar-refractivity contribution >= 4 is 27.5 Å². The van der Waals surface area contributed by atoms with E-state index < -0.39 is 0 Å². The molecule has 0 aliphatic heterocycles. The maximum absolute atomic E-state index is 13.5. The van der Waals surface area contributed by atoms with Crippen LogP contribution in [-0.4, -0.2) is 6.04 Å². The minimum Gasteiger partial charge on any atom is -0.271 e. The Bertz CT molecular complexity index is 637. The van der Waals surface area contributed by atoms with Crippen molar-refractivity contribution < 1.29 is 8.78 Å². The molecule has 0 radical (unpaired) electrons. The van der Waals surface area contributed by atoms with Crippen molar-refractivity contribution in [2.75, 3.05) is 0 Å². The molecular weight excluding hydrogens is 362 g/mol. The molecule has 6 heteroatoms. The number of hydrazine groups is 1. The van der Waals surface area contributed by atoms with Gasteiger partial charge in [-0.15, -0.1) is 0 Å². The number of halogens is 4. The number of hydrogen-bond acceptors (Lipinski definition) is 2. The first kappa shape index (κ1) is 16.4. The summed E-state index contributed by atoms with van der Waals surface area (Å²) in [6, 6.07) is 8.96. The van der Waals surface area contributed by atoms with Crippen LogP contribution in [0.25, 0.3) is 0 Å². The number of nitrogens with two attached hydrogens (primary N) is 1. The summed E-state index contributed by atoms with van der Waals surface area (Å²) in [6.07, 6.45) is 1.03. The van der Waals surface area contributed by atoms with E-state index in [-0.39, 0.29) is 17.7 Å². The van der Waals surface area contributed by atoms with Gasteiger partial charge in [-0.1, -0.05) is 29.8 Å². The standard InChI is InChI=1S/C15H14BrClF2N2/c16-15-10(2-1-3-14(15)19)7-12(21-20)6-9-4-5-11(18)8-13(9)17/h1-5,8,12,21H,6-7,20H2. The maximum Gasteiger partial charge on any atom is 0.137 e. The van der Waals surface area contributed by atoms with E-state index in [1.54, 1.807) is 12.1 Å². The molecule has 0 amide bonds. The Hall–Kier alpha value is -1.01. The molecule has 2 aromatic rings. The van der Waals surface area contributed by atoms with Gasteiger partial charge in [0.25, 0.3) is 0 Å². The first-order chi connectivity index (χ1) is 10.0. The van der Waals surface area contributed by atoms with Crippen molar-refractivity contribution in [2.24, 2.45) is 5.84 Å². The molecule has 2 aromatic carbocycles. The normalized spacial score (nSPS) is 12.4. The molecule has 0 aromatic heterocycles. The lowest BCUT2D eigenvalue weighted by Gasteiger charge is -2.18. The monoisotopic (exact) mass is 374 g/mol. The predicted octanol–water partition coefficient (Wildman–Crippen LogP) is 4.00. The Kier molecular flexibility index (Phi) is 5.70. The summed E-state index contributed by atoms with van der Waals surface area (Å²) in [4.78, 5) is 0. The highest BCUT2D eigenvalue weighted by Crippen LogP contribution is 2.24. The van der Waals surface area contributed by atoms with Gasteiger partial charge in [-0.2, -0.15) is 0 Å². The zero-order valence-electron chi connectivity index (χ0n) is 11.0. The zero-order chi connectivity index (χ0) is 15.4. The third kappa shape index (κ3) is 4.23. The third-order valence-electron chi connectivity index (χ3n) is 3.22. The quantitative estimate of drug-likeness (QED) is 0.612. The second-order valence-corrected chi connectivity index (χ2v) is 5.92. The summed E-state index contributed by atoms with van der Waals surface area (Å²) in [5.74, 6) is 4.86. The number of benzene rings is 2. The fraction of sp³-hybridized carbons (Fsp3) is 0.200. The summed E-state index contributed by atoms with van der Waals surface area (Å²) in [5, 5.41) is 0.355. The van der Waals surface area contributed by atoms with E-state index in [0.717, 1.165) is 11.1 Å². The lowest BCUT2D eigenvalue weighted by Crippen LogP contribution is -2.38. The minimum atomic E-state index is -0.381. The van der Waals surface area contributed by atoms with E-state index in [1.165, 1.54) is 18.2 Å². The Morgan fingerprint density at radius 1 is 1.14 bits per heavy atom. The molecule has 112 valence electrons. The van der Waals surface area contributed by atoms with E-state index in [9.17, 15) is 8.78 Å². The van der Waals surface area contributed by atoms with Crippen LogP contribution < -0.4 is 11.3 Å². The van der Waals surface area contributed by atoms with Crippen molar-refractivity contribution in [2.45, 2.75) is 18.9 Å². The summed E-state index contributed by atoms with van der Waals surface area (Å²) >= 11 is 9.24. The van der Waals surface area contributed by atoms with E-state index in [2.05, 4.69) is 21.4 Å². The van der Waals surface area contributed by atoms with E-state index in [0.29, 0.717) is 22.3 Å². The highest BCUT2D eigenvalue weighted by molar-refractivity contribution is 9.10. The molecule has 0 spiro atoms. The Labute approximate surface area is 135 Å². The van der Waals surface area contributed by atoms with Gasteiger partial charge in [-0.05, 0) is 58.1 Å². The molecule has 3 N–H and O–H groups in total. The first-order valence-electron chi connectivity index (χ1n) is 6.34. The van der Waals surface area contributed by atoms with Crippen LogP contribution in [0.2, 0.25) is 5.02 Å². The van der Waals surface area contributed by atoms with Crippen molar-refractivity contribution in [1.29, 1.82) is 0 Å². The van der Waals surface area contributed by atoms with E-state index in [4.69, 9.17) is 17.4 Å². The van der Waals surface area contributed by atoms with Gasteiger partial charge in [0.1, 0.15) is 11.6 Å². The van der Waals surface area contributed by atoms with Gasteiger partial charge in [-0.25, -0.2) is 8.78 Å². The van der Waals surface area contributed by atoms with Crippen LogP contribution in [0, 0.1) is 11.6 Å². The van der Waals surface area contributed by atoms with E-state index >= 15 is 0 Å². The van der Waals surface area contributed by atoms with Gasteiger partial charge < -0.3 is 0 Å². The van der Waals surface area contributed by atoms with Gasteiger partial charge in [0, 0.05) is 11.1 Å². The number of rotatable bonds is 5. The van der Waals surface area contributed by atoms with Crippen LogP contribution in [0.4, 0.5) is 8.78 Å². The number of hydrogen-bond donors (Lipinski definition) is 2. The molecule has 0 saturated carbocycles. The van der Waals surface area contributed by atoms with Crippen LogP contribution in [0.15, 0.2) is 40.9 Å². The summed E-state index contributed by atoms with van der Waals surface area (Å²) in [6.45, 7) is 0. The van der Waals surface area contributed by atoms with Crippen molar-refractivity contribution in [3.8, 4) is 0 Å². The molecule has 0 bridgehead atoms. The molecule has 1 atom stereocenters. The molecule has 2 rings (SSSR count). The summed E-state index contributed by atoms with van der Waals surface area (Å²) in [7, 11) is 0. The predicted molar refractivity (Wildman–Crippen MR) is 84.0 cm³/mol. The largest absolute Gasteiger partial charge is 0.271 e. The summed E-state index contributed by atoms with van der Waals surface area (Å²) < 4.78 is 27.0. The van der Waals surface area contributed by atoms with Gasteiger partial charge >= 0.3 is 0 Å². The second-order valence-electron chi connectivity index (χ2n) is 4.72. The van der Waals surface area contributed by atoms with Crippen LogP contribution in [0.5, 0.6) is 0 Å². The highest BCUT2D eigenvalue weighted by Gasteiger charge is 2.14. The average molecular weight is 376 g/mol. The smallest absolute Gasteiger partial charge is 0.137 e. The van der Waals surface area contributed by atoms with Crippen LogP contribution in [0.1, 0.15) is 11.1 Å². The number of nitrogens with one attached hydrogen (secondary N) is 1. The third-order valence-corrected chi connectivity index (χ3v) is 4.45. The van der Waals surface area contributed by atoms with Crippen molar-refractivity contribution in [3.05, 3.63) is 68.7 Å². The maximum atomic E-state index is 13.5. The van der Waals surface area contributed by atoms with Crippen molar-refractivity contribution in [1.82, 2.24) is 5.43 Å². The molecule has 21 heavy (non-hydrogen) atoms. The van der Waals surface area contributed by atoms with Gasteiger partial charge in [0.05, 0.1) is 4.47 Å². The van der Waals surface area contributed by atoms with Crippen molar-refractivity contribution in [3.63, 3.8) is 0 Å². The first-order valence-corrected chi connectivity index (χ1v) is 7.51. The highest BCUT2D eigenvalue weighted by atomic mass is 79.9. The fourth-order valence-corrected chi connectivity index (χ4v) is 2.78. The second kappa shape index (κ2) is 7.31. The lowest BCUT2D eigenvalue weighted by molar-refractivity contribution is 0.518. The van der Waals surface area contributed by atoms with Crippen LogP contribution in [-0.2, 0) is 12.8 Å². The molecule has 0 saturated heterocycles. The van der Waals surface area contributed by atoms with Gasteiger partial charge in [-0.3, -0.25) is 11.3 Å². The minimum absolute atomic E-state index is 0.147. The molecule has 0 aliphatic rings. The van der Waals surface area contributed by atoms with Crippen LogP contribution in [0.3, 0.4) is 0 Å². The van der Waals surface area contributed by atoms with Gasteiger partial charge in [0.2, 0.25) is 0 Å². The Morgan fingerprint density at radius 3 is 2.52 bits per heavy atom. The SMILES string of the molecule is NNC(Cc1ccc(F)cc1Cl)Cc1cccc(F)c1Br. The Morgan fingerprint density at radius 2 is 1.86 bits per heavy atom. The zero-order valence-corrected chi connectivity index (χ0v) is 13.4. The molecule has 2 nitrogen and oxygen atoms in total.